The van der Waals surface area contributed by atoms with Gasteiger partial charge >= 0.3 is 11.9 Å². The van der Waals surface area contributed by atoms with Crippen molar-refractivity contribution in [2.45, 2.75) is 39.2 Å². The zero-order valence-corrected chi connectivity index (χ0v) is 17.3. The predicted octanol–water partition coefficient (Wildman–Crippen LogP) is 3.48. The summed E-state index contributed by atoms with van der Waals surface area (Å²) in [6.07, 6.45) is 0. The highest BCUT2D eigenvalue weighted by Crippen LogP contribution is 2.47. The highest BCUT2D eigenvalue weighted by atomic mass is 16.6. The van der Waals surface area contributed by atoms with Gasteiger partial charge < -0.3 is 9.47 Å². The van der Waals surface area contributed by atoms with E-state index in [4.69, 9.17) is 9.47 Å². The van der Waals surface area contributed by atoms with E-state index in [0.717, 1.165) is 25.5 Å². The molecule has 0 amide bonds. The minimum Gasteiger partial charge on any atom is -0.437 e. The molecule has 0 fully saturated rings. The number of ketones is 2. The van der Waals surface area contributed by atoms with Gasteiger partial charge in [-0.1, -0.05) is 26.0 Å². The minimum absolute atomic E-state index is 0.0151. The number of nitro groups is 1. The largest absolute Gasteiger partial charge is 0.437 e. The molecule has 1 unspecified atom stereocenters. The van der Waals surface area contributed by atoms with Crippen LogP contribution in [0.5, 0.6) is 5.75 Å². The van der Waals surface area contributed by atoms with Crippen molar-refractivity contribution in [1.29, 1.82) is 0 Å². The van der Waals surface area contributed by atoms with Gasteiger partial charge in [0.25, 0.3) is 11.3 Å². The summed E-state index contributed by atoms with van der Waals surface area (Å²) in [5.74, 6) is -3.82. The van der Waals surface area contributed by atoms with E-state index >= 15 is 0 Å². The lowest BCUT2D eigenvalue weighted by molar-refractivity contribution is -0.385. The van der Waals surface area contributed by atoms with E-state index in [9.17, 15) is 29.3 Å². The molecule has 0 saturated carbocycles. The lowest BCUT2D eigenvalue weighted by atomic mass is 9.86. The van der Waals surface area contributed by atoms with Crippen molar-refractivity contribution in [2.24, 2.45) is 0 Å². The number of rotatable bonds is 5. The quantitative estimate of drug-likeness (QED) is 0.234. The monoisotopic (exact) mass is 425 g/mol. The lowest BCUT2D eigenvalue weighted by Crippen LogP contribution is -2.43. The molecule has 2 aromatic carbocycles. The number of hydrogen-bond acceptors (Lipinski definition) is 8. The van der Waals surface area contributed by atoms with E-state index in [-0.39, 0.29) is 22.8 Å². The van der Waals surface area contributed by atoms with Gasteiger partial charge in [0.1, 0.15) is 11.3 Å². The molecule has 0 heterocycles. The predicted molar refractivity (Wildman–Crippen MR) is 107 cm³/mol. The van der Waals surface area contributed by atoms with Gasteiger partial charge in [0.2, 0.25) is 11.6 Å². The van der Waals surface area contributed by atoms with Crippen LogP contribution >= 0.6 is 0 Å². The summed E-state index contributed by atoms with van der Waals surface area (Å²) >= 11 is 0. The summed E-state index contributed by atoms with van der Waals surface area (Å²) in [7, 11) is 0. The molecule has 31 heavy (non-hydrogen) atoms. The smallest absolute Gasteiger partial charge is 0.308 e. The molecule has 0 radical (unpaired) electrons. The molecule has 1 aliphatic rings. The highest BCUT2D eigenvalue weighted by Gasteiger charge is 2.61. The number of esters is 2. The molecule has 1 aliphatic carbocycles. The Morgan fingerprint density at radius 3 is 2.26 bits per heavy atom. The Kier molecular flexibility index (Phi) is 5.45. The van der Waals surface area contributed by atoms with E-state index < -0.39 is 45.3 Å². The molecule has 160 valence electrons. The van der Waals surface area contributed by atoms with Crippen LogP contribution in [0, 0.1) is 10.1 Å². The van der Waals surface area contributed by atoms with Crippen molar-refractivity contribution in [3.8, 4) is 5.75 Å². The second kappa shape index (κ2) is 7.75. The number of benzene rings is 2. The highest BCUT2D eigenvalue weighted by molar-refractivity contribution is 6.34. The third-order valence-corrected chi connectivity index (χ3v) is 4.95. The Bertz CT molecular complexity index is 1150. The van der Waals surface area contributed by atoms with Gasteiger partial charge in [-0.2, -0.15) is 0 Å². The molecular formula is C22H19NO8. The Hall–Kier alpha value is -3.88. The van der Waals surface area contributed by atoms with Crippen LogP contribution < -0.4 is 4.74 Å². The Morgan fingerprint density at radius 2 is 1.71 bits per heavy atom. The fourth-order valence-corrected chi connectivity index (χ4v) is 3.62. The van der Waals surface area contributed by atoms with Gasteiger partial charge in [0.05, 0.1) is 10.5 Å². The zero-order chi connectivity index (χ0) is 23.1. The van der Waals surface area contributed by atoms with Gasteiger partial charge in [-0.3, -0.25) is 29.3 Å². The van der Waals surface area contributed by atoms with Gasteiger partial charge in [-0.25, -0.2) is 0 Å². The van der Waals surface area contributed by atoms with Gasteiger partial charge in [0.15, 0.2) is 0 Å². The van der Waals surface area contributed by atoms with Crippen LogP contribution in [0.15, 0.2) is 36.4 Å². The van der Waals surface area contributed by atoms with Crippen LogP contribution in [0.25, 0.3) is 0 Å². The van der Waals surface area contributed by atoms with Crippen LogP contribution in [0.4, 0.5) is 5.69 Å². The van der Waals surface area contributed by atoms with Gasteiger partial charge in [0, 0.05) is 25.5 Å². The van der Waals surface area contributed by atoms with Crippen LogP contribution in [0.1, 0.15) is 65.5 Å². The fraction of sp³-hybridized carbons (Fsp3) is 0.273. The molecule has 9 nitrogen and oxygen atoms in total. The number of ether oxygens (including phenoxy) is 2. The van der Waals surface area contributed by atoms with Crippen molar-refractivity contribution < 1.29 is 33.6 Å². The summed E-state index contributed by atoms with van der Waals surface area (Å²) in [6, 6.07) is 8.05. The van der Waals surface area contributed by atoms with Gasteiger partial charge in [-0.05, 0) is 29.7 Å². The maximum absolute atomic E-state index is 13.5. The van der Waals surface area contributed by atoms with Crippen molar-refractivity contribution in [3.05, 3.63) is 68.8 Å². The fourth-order valence-electron chi connectivity index (χ4n) is 3.62. The van der Waals surface area contributed by atoms with E-state index in [1.54, 1.807) is 6.07 Å². The first-order valence-electron chi connectivity index (χ1n) is 9.40. The normalized spacial score (nSPS) is 17.5. The van der Waals surface area contributed by atoms with Crippen molar-refractivity contribution in [1.82, 2.24) is 0 Å². The number of hydrogen-bond donors (Lipinski definition) is 0. The van der Waals surface area contributed by atoms with Crippen molar-refractivity contribution in [2.75, 3.05) is 0 Å². The first-order chi connectivity index (χ1) is 14.5. The van der Waals surface area contributed by atoms with Crippen molar-refractivity contribution >= 4 is 29.2 Å². The van der Waals surface area contributed by atoms with E-state index in [1.165, 1.54) is 24.3 Å². The first-order valence-corrected chi connectivity index (χ1v) is 9.40. The molecule has 9 heteroatoms. The maximum atomic E-state index is 13.5. The lowest BCUT2D eigenvalue weighted by Gasteiger charge is -2.28. The molecule has 0 bridgehead atoms. The van der Waals surface area contributed by atoms with Crippen molar-refractivity contribution in [3.63, 3.8) is 0 Å². The topological polar surface area (TPSA) is 130 Å². The molecule has 0 saturated heterocycles. The SMILES string of the molecule is CC(=O)Oc1cc(C(C)C)ccc1C1(OC(C)=O)C(=O)c2cccc([N+](=O)[O-])c2C1=O. The minimum atomic E-state index is -2.54. The third kappa shape index (κ3) is 3.48. The molecule has 0 aromatic heterocycles. The van der Waals surface area contributed by atoms with E-state index in [2.05, 4.69) is 0 Å². The molecular weight excluding hydrogens is 406 g/mol. The van der Waals surface area contributed by atoms with E-state index in [0.29, 0.717) is 0 Å². The number of nitrogens with zero attached hydrogens (tertiary/aromatic N) is 1. The Labute approximate surface area is 177 Å². The average Bonchev–Trinajstić information content (AvgIpc) is 2.89. The second-order valence-corrected chi connectivity index (χ2v) is 7.39. The second-order valence-electron chi connectivity index (χ2n) is 7.39. The molecule has 0 aliphatic heterocycles. The van der Waals surface area contributed by atoms with Crippen LogP contribution in [0.2, 0.25) is 0 Å². The number of nitro benzene ring substituents is 1. The van der Waals surface area contributed by atoms with Crippen LogP contribution in [0.3, 0.4) is 0 Å². The number of carbonyl (C=O) groups excluding carboxylic acids is 4. The summed E-state index contributed by atoms with van der Waals surface area (Å²) < 4.78 is 10.6. The number of fused-ring (bicyclic) bond motifs is 1. The zero-order valence-electron chi connectivity index (χ0n) is 17.3. The third-order valence-electron chi connectivity index (χ3n) is 4.95. The number of carbonyl (C=O) groups is 4. The summed E-state index contributed by atoms with van der Waals surface area (Å²) in [5.41, 5.74) is -3.27. The molecule has 3 rings (SSSR count). The van der Waals surface area contributed by atoms with Crippen LogP contribution in [-0.4, -0.2) is 28.4 Å². The molecule has 0 N–H and O–H groups in total. The molecule has 2 aromatic rings. The maximum Gasteiger partial charge on any atom is 0.308 e. The Morgan fingerprint density at radius 1 is 1.03 bits per heavy atom. The summed E-state index contributed by atoms with van der Waals surface area (Å²) in [6.45, 7) is 5.93. The molecule has 0 spiro atoms. The first kappa shape index (κ1) is 21.8. The Balaban J connectivity index is 2.36. The van der Waals surface area contributed by atoms with Gasteiger partial charge in [-0.15, -0.1) is 0 Å². The summed E-state index contributed by atoms with van der Waals surface area (Å²) in [4.78, 5) is 61.3. The molecule has 1 atom stereocenters. The van der Waals surface area contributed by atoms with Crippen LogP contribution in [-0.2, 0) is 19.9 Å². The average molecular weight is 425 g/mol. The standard InChI is InChI=1S/C22H19NO8/c1-11(2)14-8-9-16(18(10-14)30-12(3)24)22(31-13(4)25)20(26)15-6-5-7-17(23(28)29)19(15)21(22)27/h5-11H,1-4H3. The summed E-state index contributed by atoms with van der Waals surface area (Å²) in [5, 5.41) is 11.5. The number of Topliss-reactive ketones (excluding diaryl/α,β-unsaturated/α-hetero) is 2. The van der Waals surface area contributed by atoms with E-state index in [1.807, 2.05) is 13.8 Å².